The van der Waals surface area contributed by atoms with E-state index in [-0.39, 0.29) is 12.3 Å². The Morgan fingerprint density at radius 2 is 2.25 bits per heavy atom. The molecule has 0 saturated heterocycles. The Balaban J connectivity index is 2.64. The summed E-state index contributed by atoms with van der Waals surface area (Å²) in [6.07, 6.45) is -0.207. The quantitative estimate of drug-likeness (QED) is 0.877. The predicted octanol–water partition coefficient (Wildman–Crippen LogP) is 1.28. The van der Waals surface area contributed by atoms with E-state index in [2.05, 4.69) is 15.9 Å². The van der Waals surface area contributed by atoms with Crippen molar-refractivity contribution in [3.8, 4) is 0 Å². The van der Waals surface area contributed by atoms with Crippen LogP contribution in [0.1, 0.15) is 6.42 Å². The number of rotatable bonds is 4. The molecule has 1 aromatic heterocycles. The fourth-order valence-corrected chi connectivity index (χ4v) is 2.36. The standard InChI is InChI=1S/C9H11BrN2O3S/c1-12(8-3-2-6(10)16-8)7(13)4-5(11)9(14)15/h2-3,5H,4,11H2,1H3,(H,14,15). The molecule has 1 aromatic rings. The van der Waals surface area contributed by atoms with Crippen molar-refractivity contribution in [3.63, 3.8) is 0 Å². The monoisotopic (exact) mass is 306 g/mol. The third-order valence-corrected chi connectivity index (χ3v) is 3.68. The van der Waals surface area contributed by atoms with Crippen LogP contribution in [0.3, 0.4) is 0 Å². The molecule has 0 fully saturated rings. The molecule has 1 rings (SSSR count). The first-order valence-electron chi connectivity index (χ1n) is 4.42. The molecule has 0 spiro atoms. The van der Waals surface area contributed by atoms with Gasteiger partial charge in [-0.05, 0) is 28.1 Å². The molecule has 1 amide bonds. The number of carbonyl (C=O) groups is 2. The Morgan fingerprint density at radius 3 is 2.69 bits per heavy atom. The highest BCUT2D eigenvalue weighted by molar-refractivity contribution is 9.11. The van der Waals surface area contributed by atoms with E-state index in [0.29, 0.717) is 0 Å². The molecule has 0 aliphatic heterocycles. The largest absolute Gasteiger partial charge is 0.480 e. The number of carboxylic acid groups (broad SMARTS) is 1. The normalized spacial score (nSPS) is 12.2. The van der Waals surface area contributed by atoms with Crippen LogP contribution in [0.2, 0.25) is 0 Å². The van der Waals surface area contributed by atoms with Crippen LogP contribution in [0.5, 0.6) is 0 Å². The molecule has 0 aliphatic carbocycles. The van der Waals surface area contributed by atoms with Crippen LogP contribution in [0, 0.1) is 0 Å². The maximum absolute atomic E-state index is 11.6. The first kappa shape index (κ1) is 13.1. The lowest BCUT2D eigenvalue weighted by Crippen LogP contribution is -2.37. The second-order valence-electron chi connectivity index (χ2n) is 3.18. The lowest BCUT2D eigenvalue weighted by molar-refractivity contribution is -0.140. The average Bonchev–Trinajstić information content (AvgIpc) is 2.63. The number of halogens is 1. The molecule has 0 radical (unpaired) electrons. The zero-order chi connectivity index (χ0) is 12.3. The smallest absolute Gasteiger partial charge is 0.321 e. The Morgan fingerprint density at radius 1 is 1.62 bits per heavy atom. The van der Waals surface area contributed by atoms with E-state index in [0.717, 1.165) is 8.79 Å². The van der Waals surface area contributed by atoms with Crippen molar-refractivity contribution in [2.45, 2.75) is 12.5 Å². The summed E-state index contributed by atoms with van der Waals surface area (Å²) in [5, 5.41) is 9.33. The summed E-state index contributed by atoms with van der Waals surface area (Å²) in [6, 6.07) is 2.44. The predicted molar refractivity (Wildman–Crippen MR) is 65.7 cm³/mol. The summed E-state index contributed by atoms with van der Waals surface area (Å²) in [5.41, 5.74) is 5.29. The van der Waals surface area contributed by atoms with Gasteiger partial charge in [0.2, 0.25) is 5.91 Å². The molecule has 0 bridgehead atoms. The fourth-order valence-electron chi connectivity index (χ4n) is 1.02. The Labute approximate surface area is 105 Å². The Kier molecular flexibility index (Phi) is 4.45. The highest BCUT2D eigenvalue weighted by Gasteiger charge is 2.20. The van der Waals surface area contributed by atoms with Gasteiger partial charge < -0.3 is 15.7 Å². The molecule has 5 nitrogen and oxygen atoms in total. The molecule has 0 saturated carbocycles. The topological polar surface area (TPSA) is 83.6 Å². The maximum atomic E-state index is 11.6. The molecule has 0 aromatic carbocycles. The number of hydrogen-bond donors (Lipinski definition) is 2. The third kappa shape index (κ3) is 3.29. The SMILES string of the molecule is CN(C(=O)CC(N)C(=O)O)c1ccc(Br)s1. The van der Waals surface area contributed by atoms with Gasteiger partial charge in [0.1, 0.15) is 6.04 Å². The number of hydrogen-bond acceptors (Lipinski definition) is 4. The summed E-state index contributed by atoms with van der Waals surface area (Å²) in [6.45, 7) is 0. The van der Waals surface area contributed by atoms with E-state index in [1.54, 1.807) is 13.1 Å². The Hall–Kier alpha value is -0.920. The minimum absolute atomic E-state index is 0.207. The summed E-state index contributed by atoms with van der Waals surface area (Å²) >= 11 is 4.68. The van der Waals surface area contributed by atoms with E-state index < -0.39 is 12.0 Å². The van der Waals surface area contributed by atoms with E-state index in [1.165, 1.54) is 16.2 Å². The first-order valence-corrected chi connectivity index (χ1v) is 6.03. The van der Waals surface area contributed by atoms with Gasteiger partial charge in [0, 0.05) is 7.05 Å². The summed E-state index contributed by atoms with van der Waals surface area (Å²) in [5.74, 6) is -1.49. The third-order valence-electron chi connectivity index (χ3n) is 1.98. The van der Waals surface area contributed by atoms with Crippen molar-refractivity contribution in [3.05, 3.63) is 15.9 Å². The van der Waals surface area contributed by atoms with Gasteiger partial charge in [-0.3, -0.25) is 9.59 Å². The van der Waals surface area contributed by atoms with Gasteiger partial charge in [-0.1, -0.05) is 0 Å². The highest BCUT2D eigenvalue weighted by Crippen LogP contribution is 2.29. The van der Waals surface area contributed by atoms with Gasteiger partial charge in [-0.2, -0.15) is 0 Å². The number of carbonyl (C=O) groups excluding carboxylic acids is 1. The maximum Gasteiger partial charge on any atom is 0.321 e. The minimum Gasteiger partial charge on any atom is -0.480 e. The summed E-state index contributed by atoms with van der Waals surface area (Å²) in [4.78, 5) is 23.5. The molecule has 88 valence electrons. The zero-order valence-corrected chi connectivity index (χ0v) is 10.9. The van der Waals surface area contributed by atoms with E-state index in [1.807, 2.05) is 6.07 Å². The molecular weight excluding hydrogens is 296 g/mol. The van der Waals surface area contributed by atoms with Gasteiger partial charge in [0.05, 0.1) is 15.2 Å². The zero-order valence-electron chi connectivity index (χ0n) is 8.51. The van der Waals surface area contributed by atoms with E-state index >= 15 is 0 Å². The molecule has 1 heterocycles. The minimum atomic E-state index is -1.17. The second kappa shape index (κ2) is 5.42. The molecule has 1 unspecified atom stereocenters. The lowest BCUT2D eigenvalue weighted by atomic mass is 10.2. The van der Waals surface area contributed by atoms with Crippen LogP contribution in [-0.2, 0) is 9.59 Å². The van der Waals surface area contributed by atoms with Crippen LogP contribution in [0.4, 0.5) is 5.00 Å². The second-order valence-corrected chi connectivity index (χ2v) is 5.62. The van der Waals surface area contributed by atoms with E-state index in [4.69, 9.17) is 10.8 Å². The van der Waals surface area contributed by atoms with Crippen molar-refractivity contribution in [2.24, 2.45) is 5.73 Å². The fraction of sp³-hybridized carbons (Fsp3) is 0.333. The summed E-state index contributed by atoms with van der Waals surface area (Å²) in [7, 11) is 1.59. The van der Waals surface area contributed by atoms with Crippen molar-refractivity contribution in [1.29, 1.82) is 0 Å². The van der Waals surface area contributed by atoms with Gasteiger partial charge in [-0.15, -0.1) is 11.3 Å². The van der Waals surface area contributed by atoms with Crippen LogP contribution in [0.15, 0.2) is 15.9 Å². The number of nitrogens with zero attached hydrogens (tertiary/aromatic N) is 1. The highest BCUT2D eigenvalue weighted by atomic mass is 79.9. The van der Waals surface area contributed by atoms with Crippen LogP contribution < -0.4 is 10.6 Å². The number of anilines is 1. The Bertz CT molecular complexity index is 407. The van der Waals surface area contributed by atoms with Gasteiger partial charge in [-0.25, -0.2) is 0 Å². The molecule has 3 N–H and O–H groups in total. The average molecular weight is 307 g/mol. The van der Waals surface area contributed by atoms with Crippen LogP contribution in [-0.4, -0.2) is 30.1 Å². The van der Waals surface area contributed by atoms with Gasteiger partial charge >= 0.3 is 5.97 Å². The van der Waals surface area contributed by atoms with Crippen molar-refractivity contribution >= 4 is 44.1 Å². The molecule has 0 aliphatic rings. The van der Waals surface area contributed by atoms with Gasteiger partial charge in [0.25, 0.3) is 0 Å². The molecular formula is C9H11BrN2O3S. The van der Waals surface area contributed by atoms with Crippen molar-refractivity contribution < 1.29 is 14.7 Å². The van der Waals surface area contributed by atoms with Crippen LogP contribution in [0.25, 0.3) is 0 Å². The first-order chi connectivity index (χ1) is 7.41. The van der Waals surface area contributed by atoms with Crippen molar-refractivity contribution in [2.75, 3.05) is 11.9 Å². The molecule has 1 atom stereocenters. The molecule has 16 heavy (non-hydrogen) atoms. The molecule has 7 heteroatoms. The lowest BCUT2D eigenvalue weighted by Gasteiger charge is -2.16. The van der Waals surface area contributed by atoms with Gasteiger partial charge in [0.15, 0.2) is 0 Å². The van der Waals surface area contributed by atoms with Crippen molar-refractivity contribution in [1.82, 2.24) is 0 Å². The van der Waals surface area contributed by atoms with Crippen LogP contribution >= 0.6 is 27.3 Å². The number of thiophene rings is 1. The van der Waals surface area contributed by atoms with E-state index in [9.17, 15) is 9.59 Å². The number of carboxylic acids is 1. The number of amides is 1. The number of aliphatic carboxylic acids is 1. The summed E-state index contributed by atoms with van der Waals surface area (Å²) < 4.78 is 0.907. The number of nitrogens with two attached hydrogens (primary N) is 1.